The number of carbonyl (C=O) groups excluding carboxylic acids is 1. The Hall–Kier alpha value is -3.30. The van der Waals surface area contributed by atoms with Gasteiger partial charge in [-0.05, 0) is 17.0 Å². The van der Waals surface area contributed by atoms with Crippen molar-refractivity contribution >= 4 is 5.97 Å². The van der Waals surface area contributed by atoms with E-state index in [-0.39, 0.29) is 13.1 Å². The Morgan fingerprint density at radius 2 is 1.17 bits per heavy atom. The largest absolute Gasteiger partial charge is 0.419 e. The summed E-state index contributed by atoms with van der Waals surface area (Å²) < 4.78 is 73.9. The molecule has 0 saturated heterocycles. The molecule has 3 aromatic rings. The van der Waals surface area contributed by atoms with E-state index in [1.807, 2.05) is 0 Å². The predicted octanol–water partition coefficient (Wildman–Crippen LogP) is 5.38. The van der Waals surface area contributed by atoms with Gasteiger partial charge in [0.25, 0.3) is 0 Å². The van der Waals surface area contributed by atoms with Crippen LogP contribution < -0.4 is 4.74 Å². The lowest BCUT2D eigenvalue weighted by molar-refractivity contribution is -0.147. The molecule has 0 aliphatic rings. The molecule has 0 amide bonds. The molecule has 0 bridgehead atoms. The molecular formula is C26H24F5NO3. The summed E-state index contributed by atoms with van der Waals surface area (Å²) in [4.78, 5) is 14.7. The van der Waals surface area contributed by atoms with Crippen LogP contribution in [0, 0.1) is 35.0 Å². The molecule has 0 fully saturated rings. The van der Waals surface area contributed by atoms with Crippen molar-refractivity contribution in [1.29, 1.82) is 0 Å². The molecule has 0 aliphatic heterocycles. The molecule has 4 nitrogen and oxygen atoms in total. The zero-order chi connectivity index (χ0) is 25.7. The average molecular weight is 493 g/mol. The van der Waals surface area contributed by atoms with E-state index in [9.17, 15) is 31.9 Å². The molecule has 2 atom stereocenters. The minimum Gasteiger partial charge on any atom is -0.419 e. The molecular weight excluding hydrogens is 469 g/mol. The fourth-order valence-corrected chi connectivity index (χ4v) is 3.59. The minimum atomic E-state index is -2.37. The van der Waals surface area contributed by atoms with Crippen LogP contribution in [0.5, 0.6) is 5.75 Å². The number of benzene rings is 3. The summed E-state index contributed by atoms with van der Waals surface area (Å²) in [6, 6.07) is 16.3. The number of rotatable bonds is 9. The van der Waals surface area contributed by atoms with Gasteiger partial charge in [-0.2, -0.15) is 8.78 Å². The van der Waals surface area contributed by atoms with E-state index in [0.717, 1.165) is 11.1 Å². The zero-order valence-corrected chi connectivity index (χ0v) is 19.0. The van der Waals surface area contributed by atoms with Crippen LogP contribution in [0.1, 0.15) is 25.0 Å². The first-order valence-corrected chi connectivity index (χ1v) is 10.8. The van der Waals surface area contributed by atoms with Gasteiger partial charge in [-0.15, -0.1) is 0 Å². The lowest BCUT2D eigenvalue weighted by Gasteiger charge is -2.35. The molecule has 35 heavy (non-hydrogen) atoms. The number of nitrogens with zero attached hydrogens (tertiary/aromatic N) is 1. The highest BCUT2D eigenvalue weighted by molar-refractivity contribution is 5.79. The Morgan fingerprint density at radius 3 is 1.57 bits per heavy atom. The number of halogens is 5. The number of esters is 1. The second-order valence-electron chi connectivity index (χ2n) is 8.38. The maximum absolute atomic E-state index is 14.2. The summed E-state index contributed by atoms with van der Waals surface area (Å²) in [6.07, 6.45) is -1.39. The van der Waals surface area contributed by atoms with Crippen LogP contribution in [0.15, 0.2) is 60.7 Å². The van der Waals surface area contributed by atoms with Gasteiger partial charge in [0.15, 0.2) is 0 Å². The van der Waals surface area contributed by atoms with Crippen molar-refractivity contribution in [2.75, 3.05) is 0 Å². The van der Waals surface area contributed by atoms with Gasteiger partial charge >= 0.3 is 5.97 Å². The van der Waals surface area contributed by atoms with Gasteiger partial charge < -0.3 is 9.84 Å². The first-order valence-electron chi connectivity index (χ1n) is 10.8. The SMILES string of the molecule is CC(C)[C@H](O)[C@@H](C(=O)Oc1c(F)c(F)c(F)c(F)c1F)N(Cc1ccccc1)Cc1ccccc1. The van der Waals surface area contributed by atoms with Crippen LogP contribution in [-0.2, 0) is 17.9 Å². The quantitative estimate of drug-likeness (QED) is 0.143. The van der Waals surface area contributed by atoms with Crippen molar-refractivity contribution < 1.29 is 36.6 Å². The lowest BCUT2D eigenvalue weighted by atomic mass is 9.97. The van der Waals surface area contributed by atoms with E-state index < -0.39 is 58.9 Å². The summed E-state index contributed by atoms with van der Waals surface area (Å²) >= 11 is 0. The first-order chi connectivity index (χ1) is 16.6. The molecule has 186 valence electrons. The van der Waals surface area contributed by atoms with Crippen molar-refractivity contribution in [2.24, 2.45) is 5.92 Å². The van der Waals surface area contributed by atoms with Crippen molar-refractivity contribution in [1.82, 2.24) is 4.90 Å². The summed E-state index contributed by atoms with van der Waals surface area (Å²) in [5, 5.41) is 10.9. The molecule has 0 saturated carbocycles. The highest BCUT2D eigenvalue weighted by atomic mass is 19.2. The molecule has 3 rings (SSSR count). The third-order valence-corrected chi connectivity index (χ3v) is 5.47. The van der Waals surface area contributed by atoms with Gasteiger partial charge in [0, 0.05) is 13.1 Å². The van der Waals surface area contributed by atoms with Crippen LogP contribution >= 0.6 is 0 Å². The van der Waals surface area contributed by atoms with Gasteiger partial charge in [-0.25, -0.2) is 18.0 Å². The molecule has 3 aromatic carbocycles. The predicted molar refractivity (Wildman–Crippen MR) is 119 cm³/mol. The second-order valence-corrected chi connectivity index (χ2v) is 8.38. The standard InChI is InChI=1S/C26H24F5NO3/c1-15(2)24(33)23(26(34)35-25-21(30)19(28)18(27)20(29)22(25)31)32(13-16-9-5-3-6-10-16)14-17-11-7-4-8-12-17/h3-12,15,23-24,33H,13-14H2,1-2H3/t23-,24-/m0/s1. The third-order valence-electron chi connectivity index (χ3n) is 5.47. The molecule has 1 N–H and O–H groups in total. The van der Waals surface area contributed by atoms with Crippen LogP contribution in [0.2, 0.25) is 0 Å². The lowest BCUT2D eigenvalue weighted by Crippen LogP contribution is -2.52. The van der Waals surface area contributed by atoms with Gasteiger partial charge in [0.05, 0.1) is 6.10 Å². The van der Waals surface area contributed by atoms with Gasteiger partial charge in [0.1, 0.15) is 6.04 Å². The molecule has 0 aliphatic carbocycles. The van der Waals surface area contributed by atoms with Crippen LogP contribution in [0.25, 0.3) is 0 Å². The normalized spacial score (nSPS) is 13.2. The van der Waals surface area contributed by atoms with Crippen molar-refractivity contribution in [3.05, 3.63) is 101 Å². The molecule has 0 unspecified atom stereocenters. The fourth-order valence-electron chi connectivity index (χ4n) is 3.59. The molecule has 0 heterocycles. The van der Waals surface area contributed by atoms with Crippen LogP contribution in [0.3, 0.4) is 0 Å². The number of ether oxygens (including phenoxy) is 1. The Balaban J connectivity index is 2.03. The van der Waals surface area contributed by atoms with Gasteiger partial charge in [0.2, 0.25) is 34.8 Å². The third kappa shape index (κ3) is 6.04. The van der Waals surface area contributed by atoms with E-state index in [1.165, 1.54) is 4.90 Å². The first kappa shape index (κ1) is 26.3. The van der Waals surface area contributed by atoms with E-state index in [0.29, 0.717) is 0 Å². The summed E-state index contributed by atoms with van der Waals surface area (Å²) in [7, 11) is 0. The van der Waals surface area contributed by atoms with Gasteiger partial charge in [-0.3, -0.25) is 4.90 Å². The topological polar surface area (TPSA) is 49.8 Å². The van der Waals surface area contributed by atoms with Crippen molar-refractivity contribution in [2.45, 2.75) is 39.1 Å². The monoisotopic (exact) mass is 493 g/mol. The molecule has 9 heteroatoms. The van der Waals surface area contributed by atoms with E-state index in [4.69, 9.17) is 4.74 Å². The summed E-state index contributed by atoms with van der Waals surface area (Å²) in [5.41, 5.74) is 1.52. The minimum absolute atomic E-state index is 0.121. The van der Waals surface area contributed by atoms with Crippen molar-refractivity contribution in [3.63, 3.8) is 0 Å². The number of carbonyl (C=O) groups is 1. The Labute approximate surface area is 199 Å². The zero-order valence-electron chi connectivity index (χ0n) is 19.0. The number of aliphatic hydroxyl groups excluding tert-OH is 1. The Morgan fingerprint density at radius 1 is 0.771 bits per heavy atom. The number of aliphatic hydroxyl groups is 1. The summed E-state index contributed by atoms with van der Waals surface area (Å²) in [6.45, 7) is 3.48. The fraction of sp³-hybridized carbons (Fsp3) is 0.269. The smallest absolute Gasteiger partial charge is 0.331 e. The Bertz CT molecular complexity index is 1090. The highest BCUT2D eigenvalue weighted by Crippen LogP contribution is 2.30. The molecule has 0 aromatic heterocycles. The van der Waals surface area contributed by atoms with Gasteiger partial charge in [-0.1, -0.05) is 74.5 Å². The van der Waals surface area contributed by atoms with E-state index in [1.54, 1.807) is 74.5 Å². The molecule has 0 spiro atoms. The second kappa shape index (κ2) is 11.4. The van der Waals surface area contributed by atoms with E-state index in [2.05, 4.69) is 0 Å². The molecule has 0 radical (unpaired) electrons. The highest BCUT2D eigenvalue weighted by Gasteiger charge is 2.38. The maximum Gasteiger partial charge on any atom is 0.331 e. The maximum atomic E-state index is 14.2. The summed E-state index contributed by atoms with van der Waals surface area (Å²) in [5.74, 6) is -15.0. The Kier molecular flexibility index (Phi) is 8.58. The number of hydrogen-bond acceptors (Lipinski definition) is 4. The van der Waals surface area contributed by atoms with Crippen LogP contribution in [0.4, 0.5) is 22.0 Å². The van der Waals surface area contributed by atoms with E-state index >= 15 is 0 Å². The van der Waals surface area contributed by atoms with Crippen LogP contribution in [-0.4, -0.2) is 28.1 Å². The number of hydrogen-bond donors (Lipinski definition) is 1. The van der Waals surface area contributed by atoms with Crippen molar-refractivity contribution in [3.8, 4) is 5.75 Å². The average Bonchev–Trinajstić information content (AvgIpc) is 2.85.